The minimum Gasteiger partial charge on any atom is -0.460 e. The van der Waals surface area contributed by atoms with Crippen molar-refractivity contribution >= 4 is 41.6 Å². The topological polar surface area (TPSA) is 76.7 Å². The van der Waals surface area contributed by atoms with Crippen LogP contribution in [0.3, 0.4) is 0 Å². The predicted molar refractivity (Wildman–Crippen MR) is 116 cm³/mol. The first kappa shape index (κ1) is 23.7. The molecule has 0 aliphatic heterocycles. The molecule has 0 aliphatic rings. The number of hydrogen-bond donors (Lipinski definition) is 2. The summed E-state index contributed by atoms with van der Waals surface area (Å²) in [6, 6.07) is 6.10. The van der Waals surface area contributed by atoms with E-state index in [0.717, 1.165) is 24.9 Å². The number of unbranched alkanes of at least 4 members (excludes halogenated alkanes) is 2. The van der Waals surface area contributed by atoms with Crippen LogP contribution in [0.4, 0.5) is 5.69 Å². The summed E-state index contributed by atoms with van der Waals surface area (Å²) in [5, 5.41) is 3.10. The summed E-state index contributed by atoms with van der Waals surface area (Å²) in [6.07, 6.45) is 3.10. The van der Waals surface area contributed by atoms with Crippen LogP contribution >= 0.6 is 24.0 Å². The molecular weight excluding hydrogens is 429 g/mol. The van der Waals surface area contributed by atoms with Gasteiger partial charge in [0.1, 0.15) is 5.60 Å². The number of aryl methyl sites for hydroxylation is 2. The van der Waals surface area contributed by atoms with E-state index in [9.17, 15) is 4.79 Å². The number of nitrogens with zero attached hydrogens (tertiary/aromatic N) is 1. The van der Waals surface area contributed by atoms with Crippen LogP contribution in [0, 0.1) is 13.8 Å². The zero-order chi connectivity index (χ0) is 18.2. The van der Waals surface area contributed by atoms with Crippen molar-refractivity contribution < 1.29 is 9.53 Å². The van der Waals surface area contributed by atoms with Gasteiger partial charge in [-0.15, -0.1) is 24.0 Å². The molecule has 1 rings (SSSR count). The Morgan fingerprint density at radius 1 is 1.16 bits per heavy atom. The van der Waals surface area contributed by atoms with Crippen molar-refractivity contribution in [3.8, 4) is 0 Å². The highest BCUT2D eigenvalue weighted by Crippen LogP contribution is 2.14. The monoisotopic (exact) mass is 461 g/mol. The lowest BCUT2D eigenvalue weighted by atomic mass is 10.1. The third kappa shape index (κ3) is 11.0. The molecule has 0 saturated heterocycles. The number of ether oxygens (including phenoxy) is 1. The molecule has 5 nitrogen and oxygen atoms in total. The number of esters is 1. The van der Waals surface area contributed by atoms with Crippen LogP contribution in [0.25, 0.3) is 0 Å². The van der Waals surface area contributed by atoms with Crippen LogP contribution in [0.1, 0.15) is 57.6 Å². The average Bonchev–Trinajstić information content (AvgIpc) is 2.44. The van der Waals surface area contributed by atoms with Gasteiger partial charge in [-0.25, -0.2) is 0 Å². The van der Waals surface area contributed by atoms with Gasteiger partial charge >= 0.3 is 5.97 Å². The van der Waals surface area contributed by atoms with Crippen molar-refractivity contribution in [3.05, 3.63) is 29.3 Å². The summed E-state index contributed by atoms with van der Waals surface area (Å²) in [4.78, 5) is 15.9. The maximum absolute atomic E-state index is 11.6. The fourth-order valence-electron chi connectivity index (χ4n) is 2.16. The Morgan fingerprint density at radius 2 is 1.84 bits per heavy atom. The maximum atomic E-state index is 11.6. The summed E-state index contributed by atoms with van der Waals surface area (Å²) in [7, 11) is 0. The van der Waals surface area contributed by atoms with Crippen molar-refractivity contribution in [1.82, 2.24) is 0 Å². The summed E-state index contributed by atoms with van der Waals surface area (Å²) < 4.78 is 5.27. The van der Waals surface area contributed by atoms with E-state index in [4.69, 9.17) is 10.5 Å². The Hall–Kier alpha value is -1.31. The molecule has 0 fully saturated rings. The lowest BCUT2D eigenvalue weighted by Gasteiger charge is -2.19. The van der Waals surface area contributed by atoms with E-state index in [1.165, 1.54) is 11.1 Å². The largest absolute Gasteiger partial charge is 0.460 e. The zero-order valence-electron chi connectivity index (χ0n) is 16.0. The number of carbonyl (C=O) groups excluding carboxylic acids is 1. The lowest BCUT2D eigenvalue weighted by molar-refractivity contribution is -0.154. The van der Waals surface area contributed by atoms with Crippen molar-refractivity contribution in [2.75, 3.05) is 11.9 Å². The van der Waals surface area contributed by atoms with E-state index >= 15 is 0 Å². The van der Waals surface area contributed by atoms with Gasteiger partial charge < -0.3 is 15.8 Å². The number of guanidine groups is 1. The second kappa shape index (κ2) is 11.3. The first-order valence-electron chi connectivity index (χ1n) is 8.53. The molecular formula is C19H32IN3O2. The molecule has 1 aromatic rings. The van der Waals surface area contributed by atoms with Crippen LogP contribution in [0.2, 0.25) is 0 Å². The van der Waals surface area contributed by atoms with Crippen LogP contribution in [0.5, 0.6) is 0 Å². The second-order valence-electron chi connectivity index (χ2n) is 7.09. The predicted octanol–water partition coefficient (Wildman–Crippen LogP) is 4.55. The number of nitrogens with two attached hydrogens (primary N) is 1. The van der Waals surface area contributed by atoms with Gasteiger partial charge in [0.15, 0.2) is 5.96 Å². The third-order valence-electron chi connectivity index (χ3n) is 3.52. The van der Waals surface area contributed by atoms with Crippen molar-refractivity contribution in [2.24, 2.45) is 10.7 Å². The number of aliphatic imine (C=N–C) groups is 1. The molecule has 0 radical (unpaired) electrons. The van der Waals surface area contributed by atoms with Crippen molar-refractivity contribution in [3.63, 3.8) is 0 Å². The Balaban J connectivity index is 0.00000576. The molecule has 142 valence electrons. The van der Waals surface area contributed by atoms with E-state index in [2.05, 4.69) is 36.3 Å². The van der Waals surface area contributed by atoms with Gasteiger partial charge in [0.2, 0.25) is 0 Å². The minimum atomic E-state index is -0.407. The van der Waals surface area contributed by atoms with Gasteiger partial charge in [0, 0.05) is 18.7 Å². The third-order valence-corrected chi connectivity index (χ3v) is 3.52. The maximum Gasteiger partial charge on any atom is 0.306 e. The molecule has 25 heavy (non-hydrogen) atoms. The van der Waals surface area contributed by atoms with Crippen molar-refractivity contribution in [1.29, 1.82) is 0 Å². The Kier molecular flexibility index (Phi) is 10.7. The number of rotatable bonds is 7. The Bertz CT molecular complexity index is 581. The number of hydrogen-bond acceptors (Lipinski definition) is 3. The first-order valence-corrected chi connectivity index (χ1v) is 8.53. The summed E-state index contributed by atoms with van der Waals surface area (Å²) in [5.41, 5.74) is 8.90. The molecule has 0 unspecified atom stereocenters. The molecule has 0 bridgehead atoms. The average molecular weight is 461 g/mol. The van der Waals surface area contributed by atoms with Gasteiger partial charge in [-0.05, 0) is 70.7 Å². The van der Waals surface area contributed by atoms with Gasteiger partial charge in [0.05, 0.1) is 0 Å². The molecule has 0 atom stereocenters. The van der Waals surface area contributed by atoms with Gasteiger partial charge in [0.25, 0.3) is 0 Å². The van der Waals surface area contributed by atoms with Gasteiger partial charge in [-0.2, -0.15) is 0 Å². The minimum absolute atomic E-state index is 0. The smallest absolute Gasteiger partial charge is 0.306 e. The number of halogens is 1. The normalized spacial score (nSPS) is 11.6. The molecule has 1 aromatic carbocycles. The van der Waals surface area contributed by atoms with E-state index in [-0.39, 0.29) is 29.9 Å². The number of carbonyl (C=O) groups is 1. The highest BCUT2D eigenvalue weighted by Gasteiger charge is 2.15. The molecule has 0 heterocycles. The van der Waals surface area contributed by atoms with E-state index in [1.54, 1.807) is 0 Å². The highest BCUT2D eigenvalue weighted by molar-refractivity contribution is 14.0. The second-order valence-corrected chi connectivity index (χ2v) is 7.09. The number of nitrogens with one attached hydrogen (secondary N) is 1. The van der Waals surface area contributed by atoms with Crippen LogP contribution < -0.4 is 11.1 Å². The highest BCUT2D eigenvalue weighted by atomic mass is 127. The molecule has 0 aromatic heterocycles. The van der Waals surface area contributed by atoms with Crippen molar-refractivity contribution in [2.45, 2.75) is 65.9 Å². The SMILES string of the molecule is Cc1ccc(NC(N)=NCCCCCC(=O)OC(C)(C)C)cc1C.I. The zero-order valence-corrected chi connectivity index (χ0v) is 18.3. The summed E-state index contributed by atoms with van der Waals surface area (Å²) in [6.45, 7) is 10.4. The van der Waals surface area contributed by atoms with Crippen LogP contribution in [-0.2, 0) is 9.53 Å². The molecule has 0 aliphatic carbocycles. The first-order chi connectivity index (χ1) is 11.2. The fraction of sp³-hybridized carbons (Fsp3) is 0.579. The Labute approximate surface area is 168 Å². The molecule has 0 amide bonds. The van der Waals surface area contributed by atoms with Gasteiger partial charge in [-0.1, -0.05) is 12.5 Å². The van der Waals surface area contributed by atoms with Crippen LogP contribution in [0.15, 0.2) is 23.2 Å². The Morgan fingerprint density at radius 3 is 2.44 bits per heavy atom. The molecule has 0 spiro atoms. The van der Waals surface area contributed by atoms with Gasteiger partial charge in [-0.3, -0.25) is 9.79 Å². The van der Waals surface area contributed by atoms with E-state index in [1.807, 2.05) is 26.8 Å². The van der Waals surface area contributed by atoms with E-state index < -0.39 is 5.60 Å². The molecule has 0 saturated carbocycles. The quantitative estimate of drug-likeness (QED) is 0.205. The number of anilines is 1. The number of benzene rings is 1. The lowest BCUT2D eigenvalue weighted by Crippen LogP contribution is -2.23. The molecule has 3 N–H and O–H groups in total. The summed E-state index contributed by atoms with van der Waals surface area (Å²) in [5.74, 6) is 0.285. The fourth-order valence-corrected chi connectivity index (χ4v) is 2.16. The standard InChI is InChI=1S/C19H31N3O2.HI/c1-14-10-11-16(13-15(14)2)22-18(20)21-12-8-6-7-9-17(23)24-19(3,4)5;/h10-11,13H,6-9,12H2,1-5H3,(H3,20,21,22);1H. The van der Waals surface area contributed by atoms with E-state index in [0.29, 0.717) is 18.9 Å². The van der Waals surface area contributed by atoms with Crippen LogP contribution in [-0.4, -0.2) is 24.1 Å². The molecule has 6 heteroatoms. The summed E-state index contributed by atoms with van der Waals surface area (Å²) >= 11 is 0.